The van der Waals surface area contributed by atoms with Crippen molar-refractivity contribution in [2.75, 3.05) is 54.5 Å². The van der Waals surface area contributed by atoms with Gasteiger partial charge in [0.05, 0.1) is 14.2 Å². The summed E-state index contributed by atoms with van der Waals surface area (Å²) in [6.07, 6.45) is 1.23. The number of nitrogens with one attached hydrogen (secondary N) is 1. The molecule has 26 heavy (non-hydrogen) atoms. The molecule has 0 amide bonds. The van der Waals surface area contributed by atoms with Gasteiger partial charge in [-0.1, -0.05) is 0 Å². The Balaban J connectivity index is 0.00000338. The van der Waals surface area contributed by atoms with Crippen LogP contribution >= 0.6 is 24.0 Å². The van der Waals surface area contributed by atoms with Gasteiger partial charge in [-0.25, -0.2) is 0 Å². The molecule has 2 rings (SSSR count). The highest BCUT2D eigenvalue weighted by Gasteiger charge is 2.19. The standard InChI is InChI=1S/C19H32N4O2.HI/c1-6-20-19(21-12-15-9-10-22(2)13-15)23(3)14-16-7-8-17(24-4)11-18(16)25-5;/h7-8,11,15H,6,9-10,12-14H2,1-5H3,(H,20,21);1H. The van der Waals surface area contributed by atoms with Crippen LogP contribution in [0, 0.1) is 5.92 Å². The zero-order valence-corrected chi connectivity index (χ0v) is 18.9. The van der Waals surface area contributed by atoms with E-state index in [0.29, 0.717) is 5.92 Å². The summed E-state index contributed by atoms with van der Waals surface area (Å²) in [6, 6.07) is 5.93. The third-order valence-corrected chi connectivity index (χ3v) is 4.59. The van der Waals surface area contributed by atoms with Gasteiger partial charge in [-0.2, -0.15) is 0 Å². The summed E-state index contributed by atoms with van der Waals surface area (Å²) < 4.78 is 10.8. The van der Waals surface area contributed by atoms with Gasteiger partial charge in [0.15, 0.2) is 5.96 Å². The zero-order valence-electron chi connectivity index (χ0n) is 16.6. The first-order valence-corrected chi connectivity index (χ1v) is 8.96. The van der Waals surface area contributed by atoms with Crippen LogP contribution in [-0.4, -0.2) is 70.3 Å². The number of hydrogen-bond donors (Lipinski definition) is 1. The second-order valence-electron chi connectivity index (χ2n) is 6.65. The van der Waals surface area contributed by atoms with Gasteiger partial charge in [0.1, 0.15) is 11.5 Å². The van der Waals surface area contributed by atoms with Crippen molar-refractivity contribution in [2.45, 2.75) is 19.9 Å². The van der Waals surface area contributed by atoms with Crippen LogP contribution in [0.5, 0.6) is 11.5 Å². The van der Waals surface area contributed by atoms with Crippen molar-refractivity contribution >= 4 is 29.9 Å². The molecule has 0 radical (unpaired) electrons. The quantitative estimate of drug-likeness (QED) is 0.373. The molecule has 0 spiro atoms. The van der Waals surface area contributed by atoms with Crippen LogP contribution in [0.3, 0.4) is 0 Å². The van der Waals surface area contributed by atoms with Gasteiger partial charge in [0.2, 0.25) is 0 Å². The molecule has 1 atom stereocenters. The fourth-order valence-electron chi connectivity index (χ4n) is 3.17. The molecule has 1 heterocycles. The van der Waals surface area contributed by atoms with Gasteiger partial charge in [0, 0.05) is 44.9 Å². The third kappa shape index (κ3) is 6.50. The van der Waals surface area contributed by atoms with E-state index < -0.39 is 0 Å². The van der Waals surface area contributed by atoms with E-state index in [1.54, 1.807) is 14.2 Å². The van der Waals surface area contributed by atoms with Crippen molar-refractivity contribution in [3.05, 3.63) is 23.8 Å². The minimum atomic E-state index is 0. The molecule has 1 fully saturated rings. The molecular formula is C19H33IN4O2. The van der Waals surface area contributed by atoms with Gasteiger partial charge in [0.25, 0.3) is 0 Å². The Labute approximate surface area is 175 Å². The normalized spacial score (nSPS) is 17.6. The van der Waals surface area contributed by atoms with Crippen LogP contribution in [-0.2, 0) is 6.54 Å². The maximum atomic E-state index is 5.51. The lowest BCUT2D eigenvalue weighted by Crippen LogP contribution is -2.39. The van der Waals surface area contributed by atoms with Crippen LogP contribution in [0.4, 0.5) is 0 Å². The Morgan fingerprint density at radius 3 is 2.69 bits per heavy atom. The average Bonchev–Trinajstić information content (AvgIpc) is 3.04. The maximum absolute atomic E-state index is 5.51. The van der Waals surface area contributed by atoms with E-state index in [-0.39, 0.29) is 24.0 Å². The van der Waals surface area contributed by atoms with Crippen molar-refractivity contribution in [1.29, 1.82) is 0 Å². The number of nitrogens with zero attached hydrogens (tertiary/aromatic N) is 3. The van der Waals surface area contributed by atoms with Crippen LogP contribution in [0.2, 0.25) is 0 Å². The van der Waals surface area contributed by atoms with E-state index in [1.165, 1.54) is 13.0 Å². The largest absolute Gasteiger partial charge is 0.497 e. The Morgan fingerprint density at radius 1 is 1.35 bits per heavy atom. The van der Waals surface area contributed by atoms with E-state index >= 15 is 0 Å². The molecule has 0 saturated carbocycles. The Hall–Kier alpha value is -1.22. The molecule has 0 aromatic heterocycles. The predicted octanol–water partition coefficient (Wildman–Crippen LogP) is 2.67. The third-order valence-electron chi connectivity index (χ3n) is 4.59. The number of methoxy groups -OCH3 is 2. The number of hydrogen-bond acceptors (Lipinski definition) is 4. The second kappa shape index (κ2) is 11.5. The minimum absolute atomic E-state index is 0. The molecule has 1 unspecified atom stereocenters. The summed E-state index contributed by atoms with van der Waals surface area (Å²) in [6.45, 7) is 6.86. The van der Waals surface area contributed by atoms with Gasteiger partial charge in [-0.3, -0.25) is 4.99 Å². The summed E-state index contributed by atoms with van der Waals surface area (Å²) >= 11 is 0. The molecule has 148 valence electrons. The summed E-state index contributed by atoms with van der Waals surface area (Å²) in [5.74, 6) is 3.23. The molecule has 1 aromatic rings. The topological polar surface area (TPSA) is 49.3 Å². The molecule has 0 aliphatic carbocycles. The number of halogens is 1. The van der Waals surface area contributed by atoms with Crippen molar-refractivity contribution < 1.29 is 9.47 Å². The van der Waals surface area contributed by atoms with Crippen LogP contribution in [0.1, 0.15) is 18.9 Å². The number of ether oxygens (including phenoxy) is 2. The van der Waals surface area contributed by atoms with Crippen molar-refractivity contribution in [2.24, 2.45) is 10.9 Å². The molecule has 1 N–H and O–H groups in total. The lowest BCUT2D eigenvalue weighted by atomic mass is 10.1. The molecule has 1 saturated heterocycles. The molecule has 1 aliphatic rings. The number of benzene rings is 1. The van der Waals surface area contributed by atoms with E-state index in [0.717, 1.165) is 49.2 Å². The highest BCUT2D eigenvalue weighted by Crippen LogP contribution is 2.25. The smallest absolute Gasteiger partial charge is 0.193 e. The maximum Gasteiger partial charge on any atom is 0.193 e. The number of guanidine groups is 1. The predicted molar refractivity (Wildman–Crippen MR) is 118 cm³/mol. The first-order valence-electron chi connectivity index (χ1n) is 8.96. The molecule has 6 nitrogen and oxygen atoms in total. The summed E-state index contributed by atoms with van der Waals surface area (Å²) in [5.41, 5.74) is 1.11. The average molecular weight is 476 g/mol. The van der Waals surface area contributed by atoms with Crippen LogP contribution in [0.15, 0.2) is 23.2 Å². The summed E-state index contributed by atoms with van der Waals surface area (Å²) in [7, 11) is 7.59. The molecule has 1 aliphatic heterocycles. The number of aliphatic imine (C=N–C) groups is 1. The second-order valence-corrected chi connectivity index (χ2v) is 6.65. The molecular weight excluding hydrogens is 443 g/mol. The summed E-state index contributed by atoms with van der Waals surface area (Å²) in [5, 5.41) is 3.39. The van der Waals surface area contributed by atoms with Crippen molar-refractivity contribution in [3.63, 3.8) is 0 Å². The molecule has 1 aromatic carbocycles. The number of likely N-dealkylation sites (tertiary alicyclic amines) is 1. The highest BCUT2D eigenvalue weighted by molar-refractivity contribution is 14.0. The first kappa shape index (κ1) is 22.8. The highest BCUT2D eigenvalue weighted by atomic mass is 127. The van der Waals surface area contributed by atoms with E-state index in [2.05, 4.69) is 36.1 Å². The van der Waals surface area contributed by atoms with Gasteiger partial charge in [-0.15, -0.1) is 24.0 Å². The monoisotopic (exact) mass is 476 g/mol. The Morgan fingerprint density at radius 2 is 2.12 bits per heavy atom. The van der Waals surface area contributed by atoms with Crippen molar-refractivity contribution in [1.82, 2.24) is 15.1 Å². The minimum Gasteiger partial charge on any atom is -0.497 e. The lowest BCUT2D eigenvalue weighted by molar-refractivity contribution is 0.382. The fraction of sp³-hybridized carbons (Fsp3) is 0.632. The van der Waals surface area contributed by atoms with Crippen LogP contribution in [0.25, 0.3) is 0 Å². The van der Waals surface area contributed by atoms with Gasteiger partial charge in [-0.05, 0) is 45.0 Å². The van der Waals surface area contributed by atoms with E-state index in [9.17, 15) is 0 Å². The van der Waals surface area contributed by atoms with Gasteiger partial charge < -0.3 is 24.6 Å². The summed E-state index contributed by atoms with van der Waals surface area (Å²) in [4.78, 5) is 9.37. The molecule has 7 heteroatoms. The zero-order chi connectivity index (χ0) is 18.2. The SMILES string of the molecule is CCNC(=NCC1CCN(C)C1)N(C)Cc1ccc(OC)cc1OC.I. The van der Waals surface area contributed by atoms with E-state index in [1.807, 2.05) is 18.2 Å². The van der Waals surface area contributed by atoms with Crippen molar-refractivity contribution in [3.8, 4) is 11.5 Å². The Kier molecular flexibility index (Phi) is 10.1. The number of rotatable bonds is 7. The van der Waals surface area contributed by atoms with Gasteiger partial charge >= 0.3 is 0 Å². The first-order chi connectivity index (χ1) is 12.1. The Bertz CT molecular complexity index is 583. The van der Waals surface area contributed by atoms with E-state index in [4.69, 9.17) is 14.5 Å². The fourth-order valence-corrected chi connectivity index (χ4v) is 3.17. The lowest BCUT2D eigenvalue weighted by Gasteiger charge is -2.23. The van der Waals surface area contributed by atoms with Crippen LogP contribution < -0.4 is 14.8 Å². The molecule has 0 bridgehead atoms.